The number of aliphatic hydroxyl groups excluding tert-OH is 1. The molecule has 2 aliphatic rings. The molecule has 5 N–H and O–H groups in total. The van der Waals surface area contributed by atoms with Crippen molar-refractivity contribution in [1.82, 2.24) is 50.5 Å². The fraction of sp³-hybridized carbons (Fsp3) is 0.483. The molecule has 0 aliphatic carbocycles. The number of benzene rings is 2. The Balaban J connectivity index is 0.771. The summed E-state index contributed by atoms with van der Waals surface area (Å²) in [6.07, 6.45) is 7.85. The molecule has 2 fully saturated rings. The summed E-state index contributed by atoms with van der Waals surface area (Å²) in [6, 6.07) is 16.0. The van der Waals surface area contributed by atoms with Gasteiger partial charge in [-0.3, -0.25) is 33.4 Å². The summed E-state index contributed by atoms with van der Waals surface area (Å²) < 4.78 is 1.90. The third-order valence-electron chi connectivity index (χ3n) is 15.1. The van der Waals surface area contributed by atoms with Crippen molar-refractivity contribution in [2.45, 2.75) is 150 Å². The fourth-order valence-corrected chi connectivity index (χ4v) is 11.5. The first-order chi connectivity index (χ1) is 37.8. The second kappa shape index (κ2) is 25.7. The maximum absolute atomic E-state index is 14.1. The number of aromatic amines is 1. The number of piperazine rings is 1. The van der Waals surface area contributed by atoms with Gasteiger partial charge in [0.15, 0.2) is 0 Å². The topological polar surface area (TPSA) is 228 Å². The fourth-order valence-electron chi connectivity index (χ4n) is 10.7. The highest BCUT2D eigenvalue weighted by molar-refractivity contribution is 7.13. The van der Waals surface area contributed by atoms with Gasteiger partial charge in [-0.15, -0.1) is 11.3 Å². The summed E-state index contributed by atoms with van der Waals surface area (Å²) in [7, 11) is 0. The van der Waals surface area contributed by atoms with E-state index in [1.54, 1.807) is 17.5 Å². The summed E-state index contributed by atoms with van der Waals surface area (Å²) in [6.45, 7) is 18.4. The SMILES string of the molecule is CCCc1cc(C)[nH]c(=O)c1CNC(=O)c1cc(-c2ccc(N3CCN(C(=O)CCCCCCC(=O)N[C@H](C(=O)N4C[C@H](O)C[C@H]4C(=O)NCc4ccc(-c5scnc5C)cc4)C(C)(C)C)CC3)nc2)cc2c1cnn2C(C)C. The van der Waals surface area contributed by atoms with Gasteiger partial charge in [0.2, 0.25) is 23.6 Å². The minimum atomic E-state index is -0.904. The molecule has 2 aliphatic heterocycles. The van der Waals surface area contributed by atoms with E-state index in [1.807, 2.05) is 124 Å². The molecule has 18 nitrogen and oxygen atoms in total. The average molecular weight is 1100 g/mol. The molecule has 19 heteroatoms. The van der Waals surface area contributed by atoms with Crippen LogP contribution in [-0.2, 0) is 38.7 Å². The maximum Gasteiger partial charge on any atom is 0.253 e. The summed E-state index contributed by atoms with van der Waals surface area (Å²) in [5.74, 6) is -0.408. The molecule has 2 saturated heterocycles. The zero-order valence-corrected chi connectivity index (χ0v) is 47.8. The molecule has 0 spiro atoms. The first-order valence-electron chi connectivity index (χ1n) is 27.8. The number of hydrogen-bond acceptors (Lipinski definition) is 12. The van der Waals surface area contributed by atoms with Crippen molar-refractivity contribution >= 4 is 57.6 Å². The number of aliphatic hydroxyl groups is 1. The number of carbonyl (C=O) groups is 5. The highest BCUT2D eigenvalue weighted by Gasteiger charge is 2.44. The quantitative estimate of drug-likeness (QED) is 0.0437. The molecule has 79 heavy (non-hydrogen) atoms. The number of pyridine rings is 2. The van der Waals surface area contributed by atoms with Gasteiger partial charge in [-0.05, 0) is 105 Å². The van der Waals surface area contributed by atoms with Gasteiger partial charge in [0.05, 0.1) is 39.5 Å². The Morgan fingerprint density at radius 1 is 0.848 bits per heavy atom. The van der Waals surface area contributed by atoms with E-state index in [-0.39, 0.29) is 67.7 Å². The first kappa shape index (κ1) is 57.9. The number of H-pyrrole nitrogens is 1. The molecule has 5 amide bonds. The highest BCUT2D eigenvalue weighted by atomic mass is 32.1. The number of nitrogens with one attached hydrogen (secondary N) is 4. The summed E-state index contributed by atoms with van der Waals surface area (Å²) in [4.78, 5) is 99.8. The molecule has 6 aromatic rings. The lowest BCUT2D eigenvalue weighted by Crippen LogP contribution is -2.57. The molecule has 0 saturated carbocycles. The number of aromatic nitrogens is 5. The van der Waals surface area contributed by atoms with Crippen LogP contribution in [0.1, 0.15) is 137 Å². The third-order valence-corrected chi connectivity index (χ3v) is 16.0. The number of rotatable bonds is 21. The van der Waals surface area contributed by atoms with Gasteiger partial charge in [-0.25, -0.2) is 9.97 Å². The number of β-amino-alcohol motifs (C(OH)–C–C–N with tert-alkyl or cyclic N) is 1. The van der Waals surface area contributed by atoms with E-state index in [4.69, 9.17) is 4.98 Å². The summed E-state index contributed by atoms with van der Waals surface area (Å²) in [5.41, 5.74) is 9.09. The number of amides is 5. The van der Waals surface area contributed by atoms with Gasteiger partial charge in [0.1, 0.15) is 17.9 Å². The number of carbonyl (C=O) groups excluding carboxylic acids is 5. The van der Waals surface area contributed by atoms with Crippen LogP contribution < -0.4 is 26.4 Å². The van der Waals surface area contributed by atoms with E-state index in [9.17, 15) is 33.9 Å². The Labute approximate surface area is 466 Å². The number of thiazole rings is 1. The van der Waals surface area contributed by atoms with Crippen molar-refractivity contribution in [2.75, 3.05) is 37.6 Å². The van der Waals surface area contributed by atoms with E-state index in [0.717, 1.165) is 86.5 Å². The second-order valence-electron chi connectivity index (χ2n) is 22.5. The molecule has 0 unspecified atom stereocenters. The molecular formula is C60H77N11O7S. The third kappa shape index (κ3) is 14.1. The van der Waals surface area contributed by atoms with Crippen LogP contribution in [0.5, 0.6) is 0 Å². The molecule has 0 bridgehead atoms. The number of fused-ring (bicyclic) bond motifs is 1. The van der Waals surface area contributed by atoms with Gasteiger partial charge in [-0.1, -0.05) is 71.2 Å². The van der Waals surface area contributed by atoms with E-state index in [0.29, 0.717) is 56.6 Å². The molecule has 4 aromatic heterocycles. The van der Waals surface area contributed by atoms with Crippen molar-refractivity contribution in [3.8, 4) is 21.6 Å². The van der Waals surface area contributed by atoms with Gasteiger partial charge >= 0.3 is 0 Å². The van der Waals surface area contributed by atoms with Crippen molar-refractivity contribution in [3.05, 3.63) is 116 Å². The van der Waals surface area contributed by atoms with Crippen LogP contribution in [0, 0.1) is 19.3 Å². The largest absolute Gasteiger partial charge is 0.391 e. The molecular weight excluding hydrogens is 1020 g/mol. The van der Waals surface area contributed by atoms with Crippen LogP contribution in [0.15, 0.2) is 77.3 Å². The van der Waals surface area contributed by atoms with Crippen molar-refractivity contribution in [3.63, 3.8) is 0 Å². The molecule has 420 valence electrons. The van der Waals surface area contributed by atoms with Gasteiger partial charge in [0.25, 0.3) is 11.5 Å². The van der Waals surface area contributed by atoms with E-state index < -0.39 is 29.5 Å². The molecule has 0 radical (unpaired) electrons. The minimum Gasteiger partial charge on any atom is -0.391 e. The molecule has 8 rings (SSSR count). The van der Waals surface area contributed by atoms with Crippen molar-refractivity contribution in [2.24, 2.45) is 5.41 Å². The summed E-state index contributed by atoms with van der Waals surface area (Å²) >= 11 is 1.57. The lowest BCUT2D eigenvalue weighted by atomic mass is 9.85. The van der Waals surface area contributed by atoms with Crippen LogP contribution in [-0.4, -0.2) is 120 Å². The first-order valence-corrected chi connectivity index (χ1v) is 28.7. The number of likely N-dealkylation sites (tertiary alicyclic amines) is 1. The van der Waals surface area contributed by atoms with Crippen LogP contribution in [0.25, 0.3) is 32.5 Å². The van der Waals surface area contributed by atoms with E-state index in [1.165, 1.54) is 4.90 Å². The molecule has 6 heterocycles. The minimum absolute atomic E-state index is 0.00205. The Morgan fingerprint density at radius 2 is 1.57 bits per heavy atom. The predicted molar refractivity (Wildman–Crippen MR) is 308 cm³/mol. The van der Waals surface area contributed by atoms with Gasteiger partial charge in [-0.2, -0.15) is 5.10 Å². The smallest absolute Gasteiger partial charge is 0.253 e. The van der Waals surface area contributed by atoms with Crippen LogP contribution in [0.3, 0.4) is 0 Å². The Kier molecular flexibility index (Phi) is 18.8. The monoisotopic (exact) mass is 1100 g/mol. The standard InChI is InChI=1S/C60H77N11O7S/c1-9-14-42-27-38(4)66-57(76)47(42)33-63-56(75)46-28-44(29-49-48(46)34-65-71(49)37(2)3)43-21-22-51(61-32-43)68-23-25-69(26-24-68)53(74)16-13-11-10-12-15-52(73)67-55(60(6,7)8)59(78)70-35-45(72)30-50(70)58(77)62-31-40-17-19-41(20-18-40)54-39(5)64-36-79-54/h17-22,27-29,32,34,36-37,45,50,55,72H,9-16,23-26,30-31,33,35H2,1-8H3,(H,62,77)(H,63,75)(H,66,76)(H,67,73)/t45-,50+,55-/m1/s1. The number of nitrogens with zero attached hydrogens (tertiary/aromatic N) is 7. The van der Waals surface area contributed by atoms with E-state index in [2.05, 4.69) is 42.8 Å². The van der Waals surface area contributed by atoms with Gasteiger partial charge in [0, 0.05) is 99.5 Å². The van der Waals surface area contributed by atoms with E-state index >= 15 is 0 Å². The summed E-state index contributed by atoms with van der Waals surface area (Å²) in [5, 5.41) is 24.9. The Bertz CT molecular complexity index is 3190. The lowest BCUT2D eigenvalue weighted by Gasteiger charge is -2.35. The number of anilines is 1. The molecule has 3 atom stereocenters. The number of unbranched alkanes of at least 4 members (excludes halogenated alkanes) is 3. The Hall–Kier alpha value is -7.25. The normalized spacial score (nSPS) is 16.2. The van der Waals surface area contributed by atoms with Crippen molar-refractivity contribution in [1.29, 1.82) is 0 Å². The Morgan fingerprint density at radius 3 is 2.23 bits per heavy atom. The lowest BCUT2D eigenvalue weighted by molar-refractivity contribution is -0.144. The maximum atomic E-state index is 14.1. The second-order valence-corrected chi connectivity index (χ2v) is 23.3. The number of hydrogen-bond donors (Lipinski definition) is 5. The van der Waals surface area contributed by atoms with Crippen LogP contribution in [0.2, 0.25) is 0 Å². The van der Waals surface area contributed by atoms with Crippen molar-refractivity contribution < 1.29 is 29.1 Å². The zero-order valence-electron chi connectivity index (χ0n) is 47.0. The van der Waals surface area contributed by atoms with Crippen LogP contribution in [0.4, 0.5) is 5.82 Å². The zero-order chi connectivity index (χ0) is 56.5. The van der Waals surface area contributed by atoms with Gasteiger partial charge < -0.3 is 40.7 Å². The predicted octanol–water partition coefficient (Wildman–Crippen LogP) is 7.79. The average Bonchev–Trinajstić information content (AvgIpc) is 4.23. The highest BCUT2D eigenvalue weighted by Crippen LogP contribution is 2.32. The number of aryl methyl sites for hydroxylation is 3. The molecule has 2 aromatic carbocycles. The van der Waals surface area contributed by atoms with Crippen LogP contribution >= 0.6 is 11.3 Å².